The van der Waals surface area contributed by atoms with Gasteiger partial charge in [0.25, 0.3) is 0 Å². The minimum atomic E-state index is 0.500. The van der Waals surface area contributed by atoms with E-state index >= 15 is 0 Å². The molecule has 0 rings (SSSR count). The summed E-state index contributed by atoms with van der Waals surface area (Å²) in [6, 6.07) is 0. The van der Waals surface area contributed by atoms with Crippen LogP contribution in [-0.2, 0) is 0 Å². The lowest BCUT2D eigenvalue weighted by Gasteiger charge is -2.26. The smallest absolute Gasteiger partial charge is 0.00957 e. The van der Waals surface area contributed by atoms with Crippen molar-refractivity contribution in [1.29, 1.82) is 0 Å². The minimum Gasteiger partial charge on any atom is -0.0922 e. The molecule has 0 aliphatic rings. The van der Waals surface area contributed by atoms with Crippen LogP contribution in [0.15, 0.2) is 0 Å². The molecule has 0 aliphatic heterocycles. The molecule has 0 saturated carbocycles. The summed E-state index contributed by atoms with van der Waals surface area (Å²) in [5.74, 6) is 0. The molecule has 9 heavy (non-hydrogen) atoms. The van der Waals surface area contributed by atoms with Crippen LogP contribution in [0.25, 0.3) is 0 Å². The summed E-state index contributed by atoms with van der Waals surface area (Å²) in [7, 11) is 0. The maximum atomic E-state index is 3.52. The van der Waals surface area contributed by atoms with Crippen LogP contribution >= 0.6 is 31.9 Å². The van der Waals surface area contributed by atoms with Crippen LogP contribution in [0.5, 0.6) is 0 Å². The molecule has 0 radical (unpaired) electrons. The number of halogens is 2. The van der Waals surface area contributed by atoms with Crippen LogP contribution in [0, 0.1) is 5.41 Å². The third-order valence-electron chi connectivity index (χ3n) is 2.07. The Hall–Kier alpha value is 0.960. The van der Waals surface area contributed by atoms with Gasteiger partial charge >= 0.3 is 0 Å². The lowest BCUT2D eigenvalue weighted by atomic mass is 9.87. The van der Waals surface area contributed by atoms with Crippen LogP contribution < -0.4 is 0 Å². The molecule has 0 nitrogen and oxygen atoms in total. The Kier molecular flexibility index (Phi) is 5.23. The second-order valence-electron chi connectivity index (χ2n) is 2.47. The second kappa shape index (κ2) is 4.73. The van der Waals surface area contributed by atoms with E-state index in [1.165, 1.54) is 12.8 Å². The molecule has 0 atom stereocenters. The highest BCUT2D eigenvalue weighted by molar-refractivity contribution is 9.09. The molecule has 0 fully saturated rings. The van der Waals surface area contributed by atoms with Gasteiger partial charge in [-0.25, -0.2) is 0 Å². The van der Waals surface area contributed by atoms with Crippen molar-refractivity contribution in [1.82, 2.24) is 0 Å². The van der Waals surface area contributed by atoms with Gasteiger partial charge in [-0.2, -0.15) is 0 Å². The Bertz CT molecular complexity index is 49.8. The molecule has 0 unspecified atom stereocenters. The van der Waals surface area contributed by atoms with Gasteiger partial charge in [0, 0.05) is 10.7 Å². The molecule has 0 heterocycles. The largest absolute Gasteiger partial charge is 0.0922 e. The fourth-order valence-corrected chi connectivity index (χ4v) is 3.18. The number of rotatable bonds is 4. The Balaban J connectivity index is 3.82. The van der Waals surface area contributed by atoms with E-state index in [1.807, 2.05) is 0 Å². The molecule has 0 N–H and O–H groups in total. The summed E-state index contributed by atoms with van der Waals surface area (Å²) in [6.07, 6.45) is 2.50. The molecule has 56 valence electrons. The second-order valence-corrected chi connectivity index (χ2v) is 3.60. The summed E-state index contributed by atoms with van der Waals surface area (Å²) < 4.78 is 0. The van der Waals surface area contributed by atoms with Gasteiger partial charge in [-0.3, -0.25) is 0 Å². The molecule has 0 amide bonds. The molecule has 0 bridgehead atoms. The normalized spacial score (nSPS) is 12.0. The van der Waals surface area contributed by atoms with Gasteiger partial charge in [-0.15, -0.1) is 0 Å². The number of hydrogen-bond acceptors (Lipinski definition) is 0. The summed E-state index contributed by atoms with van der Waals surface area (Å²) in [4.78, 5) is 0. The zero-order valence-corrected chi connectivity index (χ0v) is 9.26. The van der Waals surface area contributed by atoms with E-state index in [9.17, 15) is 0 Å². The maximum Gasteiger partial charge on any atom is 0.00957 e. The van der Waals surface area contributed by atoms with E-state index in [4.69, 9.17) is 0 Å². The standard InChI is InChI=1S/C7H14Br2/c1-3-7(4-2,5-8)6-9/h3-6H2,1-2H3. The zero-order chi connectivity index (χ0) is 7.33. The highest BCUT2D eigenvalue weighted by Crippen LogP contribution is 2.30. The molecule has 0 aromatic carbocycles. The Morgan fingerprint density at radius 2 is 1.33 bits per heavy atom. The van der Waals surface area contributed by atoms with Gasteiger partial charge in [0.05, 0.1) is 0 Å². The van der Waals surface area contributed by atoms with E-state index in [0.717, 1.165) is 10.7 Å². The molecular weight excluding hydrogens is 244 g/mol. The van der Waals surface area contributed by atoms with Crippen molar-refractivity contribution in [3.63, 3.8) is 0 Å². The van der Waals surface area contributed by atoms with Crippen molar-refractivity contribution >= 4 is 31.9 Å². The lowest BCUT2D eigenvalue weighted by molar-refractivity contribution is 0.362. The minimum absolute atomic E-state index is 0.500. The summed E-state index contributed by atoms with van der Waals surface area (Å²) in [5, 5.41) is 2.22. The molecule has 0 spiro atoms. The van der Waals surface area contributed by atoms with Crippen molar-refractivity contribution in [2.24, 2.45) is 5.41 Å². The van der Waals surface area contributed by atoms with E-state index in [2.05, 4.69) is 45.7 Å². The highest BCUT2D eigenvalue weighted by atomic mass is 79.9. The number of alkyl halides is 2. The molecule has 0 aliphatic carbocycles. The third kappa shape index (κ3) is 2.58. The summed E-state index contributed by atoms with van der Waals surface area (Å²) >= 11 is 7.05. The first-order valence-electron chi connectivity index (χ1n) is 3.36. The predicted molar refractivity (Wildman–Crippen MR) is 50.6 cm³/mol. The van der Waals surface area contributed by atoms with Crippen LogP contribution in [0.4, 0.5) is 0 Å². The predicted octanol–water partition coefficient (Wildman–Crippen LogP) is 3.58. The van der Waals surface area contributed by atoms with Gasteiger partial charge in [0.2, 0.25) is 0 Å². The zero-order valence-electron chi connectivity index (χ0n) is 6.08. The van der Waals surface area contributed by atoms with Crippen molar-refractivity contribution < 1.29 is 0 Å². The van der Waals surface area contributed by atoms with Crippen molar-refractivity contribution in [3.8, 4) is 0 Å². The van der Waals surface area contributed by atoms with Gasteiger partial charge in [-0.05, 0) is 18.3 Å². The SMILES string of the molecule is CCC(CC)(CBr)CBr. The van der Waals surface area contributed by atoms with E-state index in [1.54, 1.807) is 0 Å². The van der Waals surface area contributed by atoms with Crippen LogP contribution in [-0.4, -0.2) is 10.7 Å². The van der Waals surface area contributed by atoms with Gasteiger partial charge in [0.15, 0.2) is 0 Å². The molecule has 0 aromatic rings. The lowest BCUT2D eigenvalue weighted by Crippen LogP contribution is -2.22. The van der Waals surface area contributed by atoms with Crippen LogP contribution in [0.1, 0.15) is 26.7 Å². The van der Waals surface area contributed by atoms with Crippen molar-refractivity contribution in [2.75, 3.05) is 10.7 Å². The Morgan fingerprint density at radius 3 is 1.33 bits per heavy atom. The van der Waals surface area contributed by atoms with Crippen molar-refractivity contribution in [2.45, 2.75) is 26.7 Å². The average Bonchev–Trinajstić information content (AvgIpc) is 1.95. The maximum absolute atomic E-state index is 3.52. The van der Waals surface area contributed by atoms with Crippen LogP contribution in [0.3, 0.4) is 0 Å². The quantitative estimate of drug-likeness (QED) is 0.676. The molecular formula is C7H14Br2. The topological polar surface area (TPSA) is 0 Å². The molecule has 2 heteroatoms. The van der Waals surface area contributed by atoms with Gasteiger partial charge in [-0.1, -0.05) is 45.7 Å². The highest BCUT2D eigenvalue weighted by Gasteiger charge is 2.22. The fourth-order valence-electron chi connectivity index (χ4n) is 0.664. The summed E-state index contributed by atoms with van der Waals surface area (Å²) in [5.41, 5.74) is 0.500. The van der Waals surface area contributed by atoms with E-state index in [-0.39, 0.29) is 0 Å². The fraction of sp³-hybridized carbons (Fsp3) is 1.00. The molecule has 0 saturated heterocycles. The van der Waals surface area contributed by atoms with Gasteiger partial charge in [0.1, 0.15) is 0 Å². The van der Waals surface area contributed by atoms with Crippen LogP contribution in [0.2, 0.25) is 0 Å². The van der Waals surface area contributed by atoms with E-state index in [0.29, 0.717) is 5.41 Å². The third-order valence-corrected chi connectivity index (χ3v) is 4.45. The van der Waals surface area contributed by atoms with E-state index < -0.39 is 0 Å². The first-order chi connectivity index (χ1) is 4.24. The first kappa shape index (κ1) is 9.96. The summed E-state index contributed by atoms with van der Waals surface area (Å²) in [6.45, 7) is 4.48. The Labute approximate surface area is 74.7 Å². The average molecular weight is 258 g/mol. The monoisotopic (exact) mass is 256 g/mol. The van der Waals surface area contributed by atoms with Crippen molar-refractivity contribution in [3.05, 3.63) is 0 Å². The first-order valence-corrected chi connectivity index (χ1v) is 5.61. The molecule has 0 aromatic heterocycles. The number of hydrogen-bond donors (Lipinski definition) is 0. The Morgan fingerprint density at radius 1 is 1.00 bits per heavy atom. The van der Waals surface area contributed by atoms with Gasteiger partial charge < -0.3 is 0 Å².